The van der Waals surface area contributed by atoms with Crippen molar-refractivity contribution in [3.8, 4) is 5.75 Å². The Bertz CT molecular complexity index is 879. The van der Waals surface area contributed by atoms with Gasteiger partial charge in [-0.3, -0.25) is 4.79 Å². The van der Waals surface area contributed by atoms with Crippen molar-refractivity contribution in [3.63, 3.8) is 0 Å². The molecule has 4 N–H and O–H groups in total. The number of methoxy groups -OCH3 is 1. The Morgan fingerprint density at radius 2 is 1.89 bits per heavy atom. The van der Waals surface area contributed by atoms with Gasteiger partial charge >= 0.3 is 6.09 Å². The number of hydrogen-bond donors (Lipinski definition) is 4. The van der Waals surface area contributed by atoms with Gasteiger partial charge in [0.1, 0.15) is 11.9 Å². The van der Waals surface area contributed by atoms with E-state index in [0.29, 0.717) is 38.8 Å². The second kappa shape index (κ2) is 11.6. The molecule has 0 bridgehead atoms. The zero-order valence-electron chi connectivity index (χ0n) is 21.5. The van der Waals surface area contributed by atoms with Gasteiger partial charge in [-0.05, 0) is 55.4 Å². The van der Waals surface area contributed by atoms with E-state index in [2.05, 4.69) is 17.6 Å². The molecule has 2 aliphatic carbocycles. The summed E-state index contributed by atoms with van der Waals surface area (Å²) >= 11 is 0. The topological polar surface area (TPSA) is 117 Å². The molecule has 35 heavy (non-hydrogen) atoms. The molecule has 8 nitrogen and oxygen atoms in total. The Morgan fingerprint density at radius 1 is 1.14 bits per heavy atom. The quantitative estimate of drug-likeness (QED) is 0.422. The minimum absolute atomic E-state index is 0.00754. The van der Waals surface area contributed by atoms with Gasteiger partial charge in [0.15, 0.2) is 0 Å². The molecule has 3 rings (SSSR count). The maximum Gasteiger partial charge on any atom is 0.407 e. The van der Waals surface area contributed by atoms with Crippen molar-refractivity contribution >= 4 is 12.0 Å². The molecular weight excluding hydrogens is 448 g/mol. The average Bonchev–Trinajstić information content (AvgIpc) is 2.85. The minimum atomic E-state index is -0.650. The van der Waals surface area contributed by atoms with Crippen LogP contribution in [0.15, 0.2) is 24.3 Å². The lowest BCUT2D eigenvalue weighted by molar-refractivity contribution is -0.186. The van der Waals surface area contributed by atoms with Crippen molar-refractivity contribution < 1.29 is 29.3 Å². The maximum absolute atomic E-state index is 13.0. The van der Waals surface area contributed by atoms with Crippen molar-refractivity contribution in [2.75, 3.05) is 20.3 Å². The van der Waals surface area contributed by atoms with Crippen LogP contribution < -0.4 is 15.4 Å². The van der Waals surface area contributed by atoms with Gasteiger partial charge in [0.2, 0.25) is 5.91 Å². The molecule has 1 aromatic carbocycles. The number of para-hydroxylation sites is 1. The van der Waals surface area contributed by atoms with Crippen LogP contribution in [0.3, 0.4) is 0 Å². The first-order valence-corrected chi connectivity index (χ1v) is 12.8. The summed E-state index contributed by atoms with van der Waals surface area (Å²) < 4.78 is 11.2. The number of alkyl carbamates (subject to hydrolysis) is 1. The van der Waals surface area contributed by atoms with Crippen LogP contribution in [0.25, 0.3) is 0 Å². The van der Waals surface area contributed by atoms with E-state index in [0.717, 1.165) is 17.7 Å². The number of benzene rings is 1. The third kappa shape index (κ3) is 5.75. The van der Waals surface area contributed by atoms with E-state index in [9.17, 15) is 19.8 Å². The number of rotatable bonds is 9. The smallest absolute Gasteiger partial charge is 0.407 e. The summed E-state index contributed by atoms with van der Waals surface area (Å²) in [6, 6.07) is 7.56. The molecule has 0 spiro atoms. The van der Waals surface area contributed by atoms with Crippen LogP contribution >= 0.6 is 0 Å². The number of amides is 2. The van der Waals surface area contributed by atoms with E-state index < -0.39 is 23.7 Å². The molecule has 1 aromatic rings. The summed E-state index contributed by atoms with van der Waals surface area (Å²) in [4.78, 5) is 25.3. The van der Waals surface area contributed by atoms with Crippen molar-refractivity contribution in [2.24, 2.45) is 22.7 Å². The van der Waals surface area contributed by atoms with Crippen LogP contribution in [0.1, 0.15) is 64.9 Å². The van der Waals surface area contributed by atoms with Crippen molar-refractivity contribution in [1.82, 2.24) is 10.6 Å². The number of nitrogens with one attached hydrogen (secondary N) is 2. The van der Waals surface area contributed by atoms with Gasteiger partial charge in [0, 0.05) is 30.5 Å². The molecule has 196 valence electrons. The second-order valence-electron chi connectivity index (χ2n) is 10.6. The van der Waals surface area contributed by atoms with Crippen molar-refractivity contribution in [2.45, 2.75) is 78.0 Å². The van der Waals surface area contributed by atoms with Crippen LogP contribution in [0.4, 0.5) is 4.79 Å². The Morgan fingerprint density at radius 3 is 2.57 bits per heavy atom. The first-order valence-electron chi connectivity index (χ1n) is 12.8. The van der Waals surface area contributed by atoms with Gasteiger partial charge in [-0.2, -0.15) is 0 Å². The molecule has 0 radical (unpaired) electrons. The fourth-order valence-corrected chi connectivity index (χ4v) is 6.49. The van der Waals surface area contributed by atoms with Gasteiger partial charge in [-0.15, -0.1) is 0 Å². The lowest BCUT2D eigenvalue weighted by Gasteiger charge is -2.60. The first kappa shape index (κ1) is 27.3. The number of aliphatic hydroxyl groups is 2. The SMILES string of the molecule is CCCNC(=O)O[C@@H]1CC[C@]2(C)[C@@H](CC[C@@H](O)[C@H]2CC(=O)NCc2ccccc2OC)[C@]1(C)CO. The van der Waals surface area contributed by atoms with Crippen LogP contribution in [-0.4, -0.2) is 54.7 Å². The van der Waals surface area contributed by atoms with Gasteiger partial charge in [0.25, 0.3) is 0 Å². The Balaban J connectivity index is 1.72. The van der Waals surface area contributed by atoms with Crippen LogP contribution in [0, 0.1) is 22.7 Å². The highest BCUT2D eigenvalue weighted by atomic mass is 16.6. The van der Waals surface area contributed by atoms with E-state index >= 15 is 0 Å². The molecule has 2 amide bonds. The van der Waals surface area contributed by atoms with E-state index in [1.807, 2.05) is 38.1 Å². The summed E-state index contributed by atoms with van der Waals surface area (Å²) in [5.74, 6) is 0.357. The number of fused-ring (bicyclic) bond motifs is 1. The molecule has 2 saturated carbocycles. The largest absolute Gasteiger partial charge is 0.496 e. The van der Waals surface area contributed by atoms with Crippen LogP contribution in [0.5, 0.6) is 5.75 Å². The summed E-state index contributed by atoms with van der Waals surface area (Å²) in [7, 11) is 1.60. The third-order valence-electron chi connectivity index (χ3n) is 8.52. The molecule has 0 unspecified atom stereocenters. The monoisotopic (exact) mass is 490 g/mol. The predicted molar refractivity (Wildman–Crippen MR) is 133 cm³/mol. The Hall–Kier alpha value is -2.32. The Labute approximate surface area is 208 Å². The fourth-order valence-electron chi connectivity index (χ4n) is 6.49. The second-order valence-corrected chi connectivity index (χ2v) is 10.6. The van der Waals surface area contributed by atoms with Gasteiger partial charge in [0.05, 0.1) is 19.8 Å². The lowest BCUT2D eigenvalue weighted by atomic mass is 9.46. The summed E-state index contributed by atoms with van der Waals surface area (Å²) in [6.07, 6.45) is 2.10. The highest BCUT2D eigenvalue weighted by Crippen LogP contribution is 2.61. The molecule has 2 aliphatic rings. The molecule has 0 heterocycles. The average molecular weight is 491 g/mol. The van der Waals surface area contributed by atoms with Gasteiger partial charge in [-0.1, -0.05) is 39.0 Å². The Kier molecular flexibility index (Phi) is 9.05. The first-order chi connectivity index (χ1) is 16.7. The fraction of sp³-hybridized carbons (Fsp3) is 0.704. The molecule has 0 aliphatic heterocycles. The maximum atomic E-state index is 13.0. The highest BCUT2D eigenvalue weighted by molar-refractivity contribution is 5.76. The van der Waals surface area contributed by atoms with Crippen LogP contribution in [0.2, 0.25) is 0 Å². The number of carbonyl (C=O) groups excluding carboxylic acids is 2. The molecule has 6 atom stereocenters. The number of ether oxygens (including phenoxy) is 2. The van der Waals surface area contributed by atoms with E-state index in [1.165, 1.54) is 0 Å². The van der Waals surface area contributed by atoms with Crippen LogP contribution in [-0.2, 0) is 16.1 Å². The predicted octanol–water partition coefficient (Wildman–Crippen LogP) is 3.39. The zero-order chi connectivity index (χ0) is 25.6. The molecule has 0 saturated heterocycles. The molecular formula is C27H42N2O6. The van der Waals surface area contributed by atoms with Crippen molar-refractivity contribution in [3.05, 3.63) is 29.8 Å². The number of carbonyl (C=O) groups is 2. The molecule has 2 fully saturated rings. The number of hydrogen-bond acceptors (Lipinski definition) is 6. The van der Waals surface area contributed by atoms with E-state index in [1.54, 1.807) is 7.11 Å². The third-order valence-corrected chi connectivity index (χ3v) is 8.52. The lowest BCUT2D eigenvalue weighted by Crippen LogP contribution is -2.61. The number of aliphatic hydroxyl groups excluding tert-OH is 2. The zero-order valence-corrected chi connectivity index (χ0v) is 21.5. The summed E-state index contributed by atoms with van der Waals surface area (Å²) in [6.45, 7) is 6.85. The summed E-state index contributed by atoms with van der Waals surface area (Å²) in [5, 5.41) is 27.2. The normalized spacial score (nSPS) is 32.3. The van der Waals surface area contributed by atoms with Gasteiger partial charge < -0.3 is 30.3 Å². The van der Waals surface area contributed by atoms with E-state index in [4.69, 9.17) is 9.47 Å². The summed E-state index contributed by atoms with van der Waals surface area (Å²) in [5.41, 5.74) is -0.122. The highest BCUT2D eigenvalue weighted by Gasteiger charge is 2.60. The minimum Gasteiger partial charge on any atom is -0.496 e. The van der Waals surface area contributed by atoms with Gasteiger partial charge in [-0.25, -0.2) is 4.79 Å². The molecule has 8 heteroatoms. The molecule has 0 aromatic heterocycles. The van der Waals surface area contributed by atoms with Crippen molar-refractivity contribution in [1.29, 1.82) is 0 Å². The standard InChI is InChI=1S/C27H42N2O6/c1-5-14-28-25(33)35-23-12-13-26(2)19(20(31)10-11-22(26)27(23,3)17-30)15-24(32)29-16-18-8-6-7-9-21(18)34-4/h6-9,19-20,22-23,30-31H,5,10-17H2,1-4H3,(H,28,33)(H,29,32)/t19-,20-,22-,23-,26+,27+/m1/s1. The van der Waals surface area contributed by atoms with E-state index in [-0.39, 0.29) is 36.2 Å².